The standard InChI is InChI=1S/C13H20N2O3/c1-13(2,8-9-18-3)10-14-11-6-4-5-7-12(11)15(16)17/h4-7,14H,8-10H2,1-3H3. The first-order chi connectivity index (χ1) is 8.46. The maximum atomic E-state index is 10.9. The van der Waals surface area contributed by atoms with Gasteiger partial charge in [-0.1, -0.05) is 26.0 Å². The van der Waals surface area contributed by atoms with Crippen LogP contribution < -0.4 is 5.32 Å². The van der Waals surface area contributed by atoms with Gasteiger partial charge < -0.3 is 10.1 Å². The fraction of sp³-hybridized carbons (Fsp3) is 0.538. The smallest absolute Gasteiger partial charge is 0.292 e. The largest absolute Gasteiger partial charge is 0.385 e. The van der Waals surface area contributed by atoms with Crippen molar-refractivity contribution in [3.8, 4) is 0 Å². The van der Waals surface area contributed by atoms with Gasteiger partial charge in [0.15, 0.2) is 0 Å². The van der Waals surface area contributed by atoms with Crippen LogP contribution >= 0.6 is 0 Å². The van der Waals surface area contributed by atoms with Gasteiger partial charge in [-0.3, -0.25) is 10.1 Å². The van der Waals surface area contributed by atoms with Gasteiger partial charge >= 0.3 is 0 Å². The molecular formula is C13H20N2O3. The van der Waals surface area contributed by atoms with Crippen LogP contribution in [-0.2, 0) is 4.74 Å². The molecule has 5 nitrogen and oxygen atoms in total. The third kappa shape index (κ3) is 4.33. The molecule has 0 unspecified atom stereocenters. The molecule has 0 amide bonds. The van der Waals surface area contributed by atoms with Gasteiger partial charge in [0.1, 0.15) is 5.69 Å². The summed E-state index contributed by atoms with van der Waals surface area (Å²) in [4.78, 5) is 10.5. The number of nitrogens with zero attached hydrogens (tertiary/aromatic N) is 1. The van der Waals surface area contributed by atoms with Crippen LogP contribution in [0, 0.1) is 15.5 Å². The molecule has 0 aromatic heterocycles. The molecule has 1 aromatic rings. The Morgan fingerprint density at radius 2 is 2.06 bits per heavy atom. The van der Waals surface area contributed by atoms with Crippen molar-refractivity contribution < 1.29 is 9.66 Å². The summed E-state index contributed by atoms with van der Waals surface area (Å²) in [5.74, 6) is 0. The van der Waals surface area contributed by atoms with Gasteiger partial charge in [-0.05, 0) is 17.9 Å². The zero-order valence-corrected chi connectivity index (χ0v) is 11.1. The first kappa shape index (κ1) is 14.4. The summed E-state index contributed by atoms with van der Waals surface area (Å²) in [7, 11) is 1.67. The van der Waals surface area contributed by atoms with Crippen molar-refractivity contribution in [1.82, 2.24) is 0 Å². The van der Waals surface area contributed by atoms with Crippen molar-refractivity contribution in [1.29, 1.82) is 0 Å². The summed E-state index contributed by atoms with van der Waals surface area (Å²) >= 11 is 0. The van der Waals surface area contributed by atoms with E-state index < -0.39 is 0 Å². The van der Waals surface area contributed by atoms with E-state index in [0.717, 1.165) is 6.42 Å². The Hall–Kier alpha value is -1.62. The minimum atomic E-state index is -0.371. The van der Waals surface area contributed by atoms with E-state index in [2.05, 4.69) is 19.2 Å². The number of ether oxygens (including phenoxy) is 1. The Kier molecular flexibility index (Phi) is 5.09. The van der Waals surface area contributed by atoms with E-state index >= 15 is 0 Å². The number of benzene rings is 1. The second-order valence-corrected chi connectivity index (χ2v) is 5.03. The summed E-state index contributed by atoms with van der Waals surface area (Å²) in [5.41, 5.74) is 0.702. The van der Waals surface area contributed by atoms with Crippen molar-refractivity contribution in [2.75, 3.05) is 25.6 Å². The molecule has 18 heavy (non-hydrogen) atoms. The number of methoxy groups -OCH3 is 1. The van der Waals surface area contributed by atoms with Crippen molar-refractivity contribution >= 4 is 11.4 Å². The van der Waals surface area contributed by atoms with Crippen molar-refractivity contribution in [2.45, 2.75) is 20.3 Å². The Labute approximate surface area is 107 Å². The van der Waals surface area contributed by atoms with Gasteiger partial charge in [-0.25, -0.2) is 0 Å². The first-order valence-electron chi connectivity index (χ1n) is 5.92. The minimum absolute atomic E-state index is 0.0275. The number of rotatable bonds is 7. The molecule has 1 N–H and O–H groups in total. The zero-order valence-electron chi connectivity index (χ0n) is 11.1. The summed E-state index contributed by atoms with van der Waals surface area (Å²) < 4.78 is 5.06. The van der Waals surface area contributed by atoms with E-state index in [-0.39, 0.29) is 16.0 Å². The molecule has 0 aliphatic rings. The lowest BCUT2D eigenvalue weighted by atomic mass is 9.89. The predicted octanol–water partition coefficient (Wildman–Crippen LogP) is 3.07. The number of nitrogens with one attached hydrogen (secondary N) is 1. The topological polar surface area (TPSA) is 64.4 Å². The third-order valence-electron chi connectivity index (χ3n) is 2.84. The maximum absolute atomic E-state index is 10.9. The number of para-hydroxylation sites is 2. The van der Waals surface area contributed by atoms with Gasteiger partial charge in [0.25, 0.3) is 5.69 Å². The highest BCUT2D eigenvalue weighted by Gasteiger charge is 2.19. The Morgan fingerprint density at radius 1 is 1.39 bits per heavy atom. The van der Waals surface area contributed by atoms with E-state index in [9.17, 15) is 10.1 Å². The van der Waals surface area contributed by atoms with Crippen LogP contribution in [0.3, 0.4) is 0 Å². The average molecular weight is 252 g/mol. The number of nitro groups is 1. The SMILES string of the molecule is COCCC(C)(C)CNc1ccccc1[N+](=O)[O-]. The molecule has 0 saturated carbocycles. The molecule has 5 heteroatoms. The lowest BCUT2D eigenvalue weighted by Gasteiger charge is -2.25. The quantitative estimate of drug-likeness (QED) is 0.598. The van der Waals surface area contributed by atoms with Crippen LogP contribution in [0.4, 0.5) is 11.4 Å². The molecule has 1 aromatic carbocycles. The van der Waals surface area contributed by atoms with Gasteiger partial charge in [-0.2, -0.15) is 0 Å². The molecule has 0 aliphatic carbocycles. The van der Waals surface area contributed by atoms with Crippen LogP contribution in [-0.4, -0.2) is 25.2 Å². The summed E-state index contributed by atoms with van der Waals surface area (Å²) in [6.07, 6.45) is 0.900. The van der Waals surface area contributed by atoms with Crippen molar-refractivity contribution in [3.63, 3.8) is 0 Å². The van der Waals surface area contributed by atoms with Crippen molar-refractivity contribution in [3.05, 3.63) is 34.4 Å². The highest BCUT2D eigenvalue weighted by Crippen LogP contribution is 2.26. The monoisotopic (exact) mass is 252 g/mol. The molecule has 0 fully saturated rings. The molecule has 0 spiro atoms. The highest BCUT2D eigenvalue weighted by molar-refractivity contribution is 5.61. The number of hydrogen-bond acceptors (Lipinski definition) is 4. The summed E-state index contributed by atoms with van der Waals surface area (Å²) in [6.45, 7) is 5.56. The fourth-order valence-corrected chi connectivity index (χ4v) is 1.58. The zero-order chi connectivity index (χ0) is 13.6. The second kappa shape index (κ2) is 6.35. The van der Waals surface area contributed by atoms with Crippen molar-refractivity contribution in [2.24, 2.45) is 5.41 Å². The molecule has 0 bridgehead atoms. The lowest BCUT2D eigenvalue weighted by molar-refractivity contribution is -0.384. The molecule has 0 aliphatic heterocycles. The number of nitro benzene ring substituents is 1. The van der Waals surface area contributed by atoms with Crippen LogP contribution in [0.5, 0.6) is 0 Å². The average Bonchev–Trinajstić information content (AvgIpc) is 2.34. The molecule has 100 valence electrons. The minimum Gasteiger partial charge on any atom is -0.385 e. The molecule has 0 saturated heterocycles. The van der Waals surface area contributed by atoms with Gasteiger partial charge in [-0.15, -0.1) is 0 Å². The summed E-state index contributed by atoms with van der Waals surface area (Å²) in [6, 6.07) is 6.69. The molecule has 0 atom stereocenters. The molecule has 0 heterocycles. The van der Waals surface area contributed by atoms with Crippen LogP contribution in [0.15, 0.2) is 24.3 Å². The molecule has 0 radical (unpaired) electrons. The maximum Gasteiger partial charge on any atom is 0.292 e. The van der Waals surface area contributed by atoms with Crippen LogP contribution in [0.1, 0.15) is 20.3 Å². The fourth-order valence-electron chi connectivity index (χ4n) is 1.58. The van der Waals surface area contributed by atoms with Crippen LogP contribution in [0.25, 0.3) is 0 Å². The van der Waals surface area contributed by atoms with E-state index in [1.165, 1.54) is 6.07 Å². The lowest BCUT2D eigenvalue weighted by Crippen LogP contribution is -2.24. The third-order valence-corrected chi connectivity index (χ3v) is 2.84. The Morgan fingerprint density at radius 3 is 2.67 bits per heavy atom. The summed E-state index contributed by atoms with van der Waals surface area (Å²) in [5, 5.41) is 14.0. The normalized spacial score (nSPS) is 11.3. The van der Waals surface area contributed by atoms with E-state index in [4.69, 9.17) is 4.74 Å². The van der Waals surface area contributed by atoms with E-state index in [1.54, 1.807) is 25.3 Å². The number of hydrogen-bond donors (Lipinski definition) is 1. The second-order valence-electron chi connectivity index (χ2n) is 5.03. The first-order valence-corrected chi connectivity index (χ1v) is 5.92. The number of anilines is 1. The van der Waals surface area contributed by atoms with Gasteiger partial charge in [0, 0.05) is 26.3 Å². The Balaban J connectivity index is 2.65. The highest BCUT2D eigenvalue weighted by atomic mass is 16.6. The molecular weight excluding hydrogens is 232 g/mol. The van der Waals surface area contributed by atoms with Crippen LogP contribution in [0.2, 0.25) is 0 Å². The predicted molar refractivity (Wildman–Crippen MR) is 71.9 cm³/mol. The Bertz CT molecular complexity index is 405. The van der Waals surface area contributed by atoms with Gasteiger partial charge in [0.05, 0.1) is 4.92 Å². The van der Waals surface area contributed by atoms with E-state index in [0.29, 0.717) is 18.8 Å². The van der Waals surface area contributed by atoms with Gasteiger partial charge in [0.2, 0.25) is 0 Å². The molecule has 1 rings (SSSR count). The van der Waals surface area contributed by atoms with E-state index in [1.807, 2.05) is 0 Å².